The van der Waals surface area contributed by atoms with Gasteiger partial charge in [-0.2, -0.15) is 0 Å². The maximum Gasteiger partial charge on any atom is 0.117 e. The van der Waals surface area contributed by atoms with Gasteiger partial charge in [-0.3, -0.25) is 0 Å². The smallest absolute Gasteiger partial charge is 0.117 e. The molecule has 2 atom stereocenters. The van der Waals surface area contributed by atoms with Crippen molar-refractivity contribution in [2.45, 2.75) is 64.9 Å². The van der Waals surface area contributed by atoms with Crippen LogP contribution in [0.2, 0.25) is 0 Å². The van der Waals surface area contributed by atoms with Crippen LogP contribution >= 0.6 is 0 Å². The summed E-state index contributed by atoms with van der Waals surface area (Å²) in [5, 5.41) is 9.61. The lowest BCUT2D eigenvalue weighted by Gasteiger charge is -2.18. The first kappa shape index (κ1) is 13.5. The Balaban J connectivity index is 3.79. The van der Waals surface area contributed by atoms with Gasteiger partial charge in [0.2, 0.25) is 0 Å². The lowest BCUT2D eigenvalue weighted by Crippen LogP contribution is -2.18. The molecule has 0 fully saturated rings. The second kappa shape index (κ2) is 9.09. The zero-order valence-electron chi connectivity index (χ0n) is 9.63. The summed E-state index contributed by atoms with van der Waals surface area (Å²) in [5.41, 5.74) is 0. The van der Waals surface area contributed by atoms with Gasteiger partial charge in [0.05, 0.1) is 0 Å². The summed E-state index contributed by atoms with van der Waals surface area (Å²) in [6.45, 7) is 4.37. The van der Waals surface area contributed by atoms with Crippen LogP contribution in [0.1, 0.15) is 58.8 Å². The Morgan fingerprint density at radius 3 is 2.14 bits per heavy atom. The van der Waals surface area contributed by atoms with Crippen molar-refractivity contribution in [1.82, 2.24) is 0 Å². The minimum Gasteiger partial charge on any atom is -0.380 e. The molecule has 0 saturated carbocycles. The van der Waals surface area contributed by atoms with Crippen LogP contribution in [-0.4, -0.2) is 11.2 Å². The molecular formula is C13H24O. The number of unbranched alkanes of at least 4 members (excludes halogenated alkanes) is 3. The van der Waals surface area contributed by atoms with Gasteiger partial charge in [0, 0.05) is 0 Å². The highest BCUT2D eigenvalue weighted by molar-refractivity contribution is 4.96. The molecule has 0 aromatic carbocycles. The Hall–Kier alpha value is -0.480. The Bertz CT molecular complexity index is 157. The second-order valence-corrected chi connectivity index (χ2v) is 4.01. The molecule has 0 rings (SSSR count). The molecule has 82 valence electrons. The summed E-state index contributed by atoms with van der Waals surface area (Å²) >= 11 is 0. The van der Waals surface area contributed by atoms with Gasteiger partial charge in [0.25, 0.3) is 0 Å². The third-order valence-electron chi connectivity index (χ3n) is 2.72. The summed E-state index contributed by atoms with van der Waals surface area (Å²) in [6.07, 6.45) is 12.9. The van der Waals surface area contributed by atoms with Gasteiger partial charge in [-0.25, -0.2) is 0 Å². The SMILES string of the molecule is C#CC(O)C(CCCC)CCCCC. The predicted octanol–water partition coefficient (Wildman–Crippen LogP) is 3.37. The average Bonchev–Trinajstić information content (AvgIpc) is 2.22. The maximum absolute atomic E-state index is 9.61. The summed E-state index contributed by atoms with van der Waals surface area (Å²) in [4.78, 5) is 0. The molecule has 0 aliphatic rings. The van der Waals surface area contributed by atoms with Gasteiger partial charge in [-0.1, -0.05) is 51.9 Å². The highest BCUT2D eigenvalue weighted by atomic mass is 16.3. The topological polar surface area (TPSA) is 20.2 Å². The molecule has 0 bridgehead atoms. The van der Waals surface area contributed by atoms with Crippen molar-refractivity contribution in [3.05, 3.63) is 0 Å². The maximum atomic E-state index is 9.61. The number of aliphatic hydroxyl groups excluding tert-OH is 1. The van der Waals surface area contributed by atoms with E-state index in [1.54, 1.807) is 0 Å². The molecule has 0 saturated heterocycles. The zero-order chi connectivity index (χ0) is 10.8. The molecule has 0 aliphatic carbocycles. The van der Waals surface area contributed by atoms with Gasteiger partial charge >= 0.3 is 0 Å². The molecule has 2 unspecified atom stereocenters. The Kier molecular flexibility index (Phi) is 8.78. The minimum atomic E-state index is -0.529. The molecule has 0 radical (unpaired) electrons. The van der Waals surface area contributed by atoms with Crippen molar-refractivity contribution in [1.29, 1.82) is 0 Å². The molecule has 1 N–H and O–H groups in total. The molecular weight excluding hydrogens is 172 g/mol. The predicted molar refractivity (Wildman–Crippen MR) is 62.0 cm³/mol. The van der Waals surface area contributed by atoms with Crippen LogP contribution in [0.15, 0.2) is 0 Å². The first-order valence-electron chi connectivity index (χ1n) is 5.90. The van der Waals surface area contributed by atoms with E-state index in [2.05, 4.69) is 19.8 Å². The molecule has 0 aromatic heterocycles. The van der Waals surface area contributed by atoms with Crippen LogP contribution in [-0.2, 0) is 0 Å². The number of terminal acetylenes is 1. The van der Waals surface area contributed by atoms with E-state index in [4.69, 9.17) is 6.42 Å². The molecule has 0 amide bonds. The minimum absolute atomic E-state index is 0.325. The van der Waals surface area contributed by atoms with Crippen LogP contribution < -0.4 is 0 Å². The van der Waals surface area contributed by atoms with Crippen molar-refractivity contribution in [2.24, 2.45) is 5.92 Å². The van der Waals surface area contributed by atoms with Crippen molar-refractivity contribution >= 4 is 0 Å². The van der Waals surface area contributed by atoms with E-state index in [9.17, 15) is 5.11 Å². The fraction of sp³-hybridized carbons (Fsp3) is 0.846. The quantitative estimate of drug-likeness (QED) is 0.466. The van der Waals surface area contributed by atoms with Gasteiger partial charge in [-0.15, -0.1) is 6.42 Å². The second-order valence-electron chi connectivity index (χ2n) is 4.01. The standard InChI is InChI=1S/C13H24O/c1-4-7-9-11-12(10-8-5-2)13(14)6-3/h3,12-14H,4-5,7-11H2,1-2H3. The van der Waals surface area contributed by atoms with E-state index in [1.807, 2.05) is 0 Å². The summed E-state index contributed by atoms with van der Waals surface area (Å²) in [7, 11) is 0. The van der Waals surface area contributed by atoms with Crippen LogP contribution in [0, 0.1) is 18.3 Å². The Morgan fingerprint density at radius 2 is 1.64 bits per heavy atom. The Morgan fingerprint density at radius 1 is 1.07 bits per heavy atom. The van der Waals surface area contributed by atoms with Crippen LogP contribution in [0.25, 0.3) is 0 Å². The molecule has 1 nitrogen and oxygen atoms in total. The van der Waals surface area contributed by atoms with Gasteiger partial charge in [-0.05, 0) is 18.8 Å². The number of hydrogen-bond acceptors (Lipinski definition) is 1. The third-order valence-corrected chi connectivity index (χ3v) is 2.72. The van der Waals surface area contributed by atoms with E-state index >= 15 is 0 Å². The highest BCUT2D eigenvalue weighted by Crippen LogP contribution is 2.20. The van der Waals surface area contributed by atoms with E-state index in [-0.39, 0.29) is 0 Å². The van der Waals surface area contributed by atoms with Crippen molar-refractivity contribution < 1.29 is 5.11 Å². The highest BCUT2D eigenvalue weighted by Gasteiger charge is 2.15. The van der Waals surface area contributed by atoms with Gasteiger partial charge in [0.1, 0.15) is 6.10 Å². The van der Waals surface area contributed by atoms with Crippen LogP contribution in [0.3, 0.4) is 0 Å². The molecule has 0 aromatic rings. The summed E-state index contributed by atoms with van der Waals surface area (Å²) in [5.74, 6) is 2.78. The summed E-state index contributed by atoms with van der Waals surface area (Å²) < 4.78 is 0. The van der Waals surface area contributed by atoms with Crippen molar-refractivity contribution in [3.63, 3.8) is 0 Å². The van der Waals surface area contributed by atoms with Crippen molar-refractivity contribution in [2.75, 3.05) is 0 Å². The first-order chi connectivity index (χ1) is 6.76. The number of rotatable bonds is 8. The number of hydrogen-bond donors (Lipinski definition) is 1. The van der Waals surface area contributed by atoms with Crippen LogP contribution in [0.4, 0.5) is 0 Å². The normalized spacial score (nSPS) is 14.7. The summed E-state index contributed by atoms with van der Waals surface area (Å²) in [6, 6.07) is 0. The van der Waals surface area contributed by atoms with E-state index in [0.717, 1.165) is 12.8 Å². The van der Waals surface area contributed by atoms with Gasteiger partial charge < -0.3 is 5.11 Å². The lowest BCUT2D eigenvalue weighted by atomic mass is 9.91. The molecule has 0 aliphatic heterocycles. The number of aliphatic hydroxyl groups is 1. The third kappa shape index (κ3) is 6.05. The first-order valence-corrected chi connectivity index (χ1v) is 5.90. The zero-order valence-corrected chi connectivity index (χ0v) is 9.63. The molecule has 14 heavy (non-hydrogen) atoms. The van der Waals surface area contributed by atoms with E-state index in [1.165, 1.54) is 32.1 Å². The molecule has 0 heterocycles. The van der Waals surface area contributed by atoms with Crippen LogP contribution in [0.5, 0.6) is 0 Å². The van der Waals surface area contributed by atoms with Gasteiger partial charge in [0.15, 0.2) is 0 Å². The van der Waals surface area contributed by atoms with E-state index in [0.29, 0.717) is 5.92 Å². The fourth-order valence-corrected chi connectivity index (χ4v) is 1.72. The Labute approximate surface area is 88.9 Å². The van der Waals surface area contributed by atoms with Crippen molar-refractivity contribution in [3.8, 4) is 12.3 Å². The van der Waals surface area contributed by atoms with E-state index < -0.39 is 6.10 Å². The monoisotopic (exact) mass is 196 g/mol. The fourth-order valence-electron chi connectivity index (χ4n) is 1.72. The average molecular weight is 196 g/mol. The lowest BCUT2D eigenvalue weighted by molar-refractivity contribution is 0.145. The molecule has 1 heteroatoms. The largest absolute Gasteiger partial charge is 0.380 e. The molecule has 0 spiro atoms.